The van der Waals surface area contributed by atoms with E-state index in [-0.39, 0.29) is 22.4 Å². The van der Waals surface area contributed by atoms with Crippen molar-refractivity contribution in [1.82, 2.24) is 0 Å². The molecule has 6 heterocycles. The summed E-state index contributed by atoms with van der Waals surface area (Å²) >= 11 is 0. The summed E-state index contributed by atoms with van der Waals surface area (Å²) in [6, 6.07) is 32.8. The van der Waals surface area contributed by atoms with Crippen molar-refractivity contribution >= 4 is 49.5 Å². The molecule has 134 heavy (non-hydrogen) atoms. The van der Waals surface area contributed by atoms with Gasteiger partial charge in [-0.3, -0.25) is 0 Å². The first kappa shape index (κ1) is 101. The van der Waals surface area contributed by atoms with Crippen LogP contribution in [0.15, 0.2) is 161 Å². The average molecular weight is 1820 g/mol. The number of phenolic OH excluding ortho intramolecular Hbond substituents is 6. The Morgan fingerprint density at radius 1 is 0.336 bits per heavy atom. The van der Waals surface area contributed by atoms with Gasteiger partial charge < -0.3 is 58.4 Å². The predicted molar refractivity (Wildman–Crippen MR) is 558 cm³/mol. The second-order valence-corrected chi connectivity index (χ2v) is 43.3. The lowest BCUT2D eigenvalue weighted by Gasteiger charge is -2.48. The van der Waals surface area contributed by atoms with Crippen molar-refractivity contribution < 1.29 is 58.4 Å². The number of fused-ring (bicyclic) bond motifs is 22. The van der Waals surface area contributed by atoms with Crippen molar-refractivity contribution in [2.45, 2.75) is 389 Å². The molecule has 4 aliphatic carbocycles. The Labute approximate surface area is 803 Å². The lowest BCUT2D eigenvalue weighted by Crippen LogP contribution is -2.44. The van der Waals surface area contributed by atoms with Gasteiger partial charge in [-0.2, -0.15) is 0 Å². The molecule has 0 amide bonds. The van der Waals surface area contributed by atoms with Gasteiger partial charge in [0.05, 0.1) is 10.8 Å². The molecule has 6 N–H and O–H groups in total. The summed E-state index contributed by atoms with van der Waals surface area (Å²) in [6.07, 6.45) is 35.1. The zero-order valence-electron chi connectivity index (χ0n) is 85.2. The first-order chi connectivity index (χ1) is 63.8. The van der Waals surface area contributed by atoms with E-state index in [1.807, 2.05) is 56.3 Å². The molecule has 0 radical (unpaired) electrons. The number of allylic oxidation sites excluding steroid dienone is 5. The highest BCUT2D eigenvalue weighted by atomic mass is 16.5. The summed E-state index contributed by atoms with van der Waals surface area (Å²) in [6.45, 7) is 61.7. The van der Waals surface area contributed by atoms with Gasteiger partial charge in [-0.05, 0) is 375 Å². The van der Waals surface area contributed by atoms with Crippen LogP contribution in [0.3, 0.4) is 0 Å². The van der Waals surface area contributed by atoms with Gasteiger partial charge in [0.15, 0.2) is 0 Å². The van der Waals surface area contributed by atoms with Crippen molar-refractivity contribution in [2.75, 3.05) is 0 Å². The number of ether oxygens (including phenoxy) is 4. The molecular formula is C122H162O12. The van der Waals surface area contributed by atoms with Crippen LogP contribution in [0.4, 0.5) is 0 Å². The van der Waals surface area contributed by atoms with E-state index in [0.29, 0.717) is 87.8 Å². The minimum Gasteiger partial charge on any atom is -0.508 e. The Morgan fingerprint density at radius 2 is 0.604 bits per heavy atom. The summed E-state index contributed by atoms with van der Waals surface area (Å²) in [7, 11) is 0. The lowest BCUT2D eigenvalue weighted by molar-refractivity contribution is 0.00594. The summed E-state index contributed by atoms with van der Waals surface area (Å²) in [4.78, 5) is 0. The van der Waals surface area contributed by atoms with Gasteiger partial charge in [-0.15, -0.1) is 0 Å². The standard InChI is InChI=1S/2C21H30O2.C21H26O2.C21H24O2.2C19H26O2/c2*1-5-6-7-8-15-11-18(22)20-17-13-21(4,23-19(20)12-15)10-9-16(17)14(2)3;2*1-5-6-7-8-15-11-17(22)20-18(12-15)23-21-14(4)9-10-16(13(2)3)19(20)21;2*1-5-6-13-9-16(20)18-15-11-19(4,21-17(18)10-13)8-7-14(15)12(2)3/h2*11-12,16-17,22H,2,5-10,13H2,1,3-4H3;9-13,22H,5-8H2,1-4H3;9-12,22H,2,5-8H2,1,3-4H3;2*9-10,14-15,20H,2,5-8,11H2,1,3-4H3/t16-,17+,21+;16-,17-,21-;;;14-,15+,19+;14-,15-,19-/m01..00/s1. The third-order valence-electron chi connectivity index (χ3n) is 31.0. The van der Waals surface area contributed by atoms with Gasteiger partial charge in [-0.25, -0.2) is 0 Å². The Balaban J connectivity index is 0.000000136. The van der Waals surface area contributed by atoms with Gasteiger partial charge in [0.1, 0.15) is 102 Å². The Bertz CT molecular complexity index is 5710. The zero-order chi connectivity index (χ0) is 96.7. The molecule has 12 atom stereocenters. The van der Waals surface area contributed by atoms with Crippen LogP contribution >= 0.6 is 0 Å². The number of rotatable bonds is 26. The molecular weight excluding hydrogens is 1660 g/mol. The lowest BCUT2D eigenvalue weighted by atomic mass is 9.65. The van der Waals surface area contributed by atoms with Gasteiger partial charge >= 0.3 is 0 Å². The molecule has 0 spiro atoms. The fourth-order valence-electron chi connectivity index (χ4n) is 23.9. The molecule has 0 unspecified atom stereocenters. The Morgan fingerprint density at radius 3 is 0.881 bits per heavy atom. The first-order valence-electron chi connectivity index (χ1n) is 51.6. The molecule has 10 aromatic rings. The number of hydrogen-bond acceptors (Lipinski definition) is 12. The molecule has 12 heteroatoms. The smallest absolute Gasteiger partial charge is 0.139 e. The van der Waals surface area contributed by atoms with Crippen molar-refractivity contribution in [2.24, 2.45) is 23.7 Å². The van der Waals surface area contributed by atoms with Crippen LogP contribution < -0.4 is 18.9 Å². The maximum absolute atomic E-state index is 10.7. The van der Waals surface area contributed by atoms with E-state index in [0.717, 1.165) is 264 Å². The van der Waals surface area contributed by atoms with Crippen molar-refractivity contribution in [3.63, 3.8) is 0 Å². The molecule has 8 bridgehead atoms. The summed E-state index contributed by atoms with van der Waals surface area (Å²) < 4.78 is 37.5. The van der Waals surface area contributed by atoms with Crippen LogP contribution in [0.1, 0.15) is 392 Å². The number of unbranched alkanes of at least 4 members (excludes halogenated alkanes) is 8. The highest BCUT2D eigenvalue weighted by Crippen LogP contribution is 2.61. The Hall–Kier alpha value is -9.94. The minimum atomic E-state index is -0.0852. The normalized spacial score (nSPS) is 23.4. The summed E-state index contributed by atoms with van der Waals surface area (Å²) in [5, 5.41) is 67.4. The second-order valence-electron chi connectivity index (χ2n) is 43.3. The second kappa shape index (κ2) is 43.2. The van der Waals surface area contributed by atoms with Crippen LogP contribution in [-0.2, 0) is 38.5 Å². The monoisotopic (exact) mass is 1820 g/mol. The number of benzene rings is 8. The van der Waals surface area contributed by atoms with E-state index in [9.17, 15) is 30.6 Å². The molecule has 8 aliphatic rings. The van der Waals surface area contributed by atoms with Crippen LogP contribution in [-0.4, -0.2) is 53.0 Å². The van der Waals surface area contributed by atoms with Crippen LogP contribution in [0, 0.1) is 37.5 Å². The number of phenols is 6. The van der Waals surface area contributed by atoms with Crippen LogP contribution in [0.2, 0.25) is 0 Å². The van der Waals surface area contributed by atoms with E-state index >= 15 is 0 Å². The molecule has 12 nitrogen and oxygen atoms in total. The molecule has 0 saturated heterocycles. The van der Waals surface area contributed by atoms with Gasteiger partial charge in [-0.1, -0.05) is 205 Å². The van der Waals surface area contributed by atoms with E-state index in [4.69, 9.17) is 27.8 Å². The summed E-state index contributed by atoms with van der Waals surface area (Å²) in [5.74, 6) is 9.60. The van der Waals surface area contributed by atoms with Crippen molar-refractivity contribution in [1.29, 1.82) is 0 Å². The minimum absolute atomic E-state index is 0.0824. The SMILES string of the molecule is C=C(C)[C@@H]1CC[C@@]2(C)C[C@@H]1c1c(O)cc(CCC)cc1O2.C=C(C)[C@@H]1CC[C@]2(C)C[C@H]1c1c(O)cc(CCC)cc1O2.C=C(C)[C@@H]1CC[C@]2(C)C[C@H]1c1c(O)cc(CCCCC)cc1O2.C=C(C)[C@H]1CC[C@]2(C)C[C@H]1c1c(O)cc(CCCCC)cc1O2.C=C(C)c1ccc(C)c2oc3cc(CCCCC)cc(O)c3c12.CCCCCc1cc(O)c2c(c1)oc1c(C)ccc(C(C)C)c12. The molecule has 4 aliphatic heterocycles. The molecule has 8 aromatic carbocycles. The molecule has 722 valence electrons. The fourth-order valence-corrected chi connectivity index (χ4v) is 23.9. The fraction of sp³-hybridized carbons (Fsp3) is 0.525. The molecule has 2 aromatic heterocycles. The molecule has 4 saturated carbocycles. The predicted octanol–water partition coefficient (Wildman–Crippen LogP) is 34.2. The van der Waals surface area contributed by atoms with Gasteiger partial charge in [0, 0.05) is 56.7 Å². The largest absolute Gasteiger partial charge is 0.508 e. The maximum atomic E-state index is 10.7. The van der Waals surface area contributed by atoms with E-state index in [1.54, 1.807) is 0 Å². The summed E-state index contributed by atoms with van der Waals surface area (Å²) in [5.41, 5.74) is 24.5. The number of hydrogen-bond donors (Lipinski definition) is 6. The van der Waals surface area contributed by atoms with E-state index < -0.39 is 0 Å². The average Bonchev–Trinajstić information content (AvgIpc) is 1.56. The number of aryl methyl sites for hydroxylation is 8. The van der Waals surface area contributed by atoms with Crippen LogP contribution in [0.5, 0.6) is 57.5 Å². The van der Waals surface area contributed by atoms with Gasteiger partial charge in [0.2, 0.25) is 0 Å². The van der Waals surface area contributed by atoms with Crippen molar-refractivity contribution in [3.8, 4) is 57.5 Å². The molecule has 18 rings (SSSR count). The zero-order valence-corrected chi connectivity index (χ0v) is 85.2. The van der Waals surface area contributed by atoms with E-state index in [2.05, 4.69) is 205 Å². The first-order valence-corrected chi connectivity index (χ1v) is 51.6. The van der Waals surface area contributed by atoms with E-state index in [1.165, 1.54) is 114 Å². The number of furan rings is 2. The third-order valence-corrected chi connectivity index (χ3v) is 31.0. The highest BCUT2D eigenvalue weighted by Gasteiger charge is 2.51. The van der Waals surface area contributed by atoms with Crippen LogP contribution in [0.25, 0.3) is 49.5 Å². The van der Waals surface area contributed by atoms with Crippen molar-refractivity contribution in [3.05, 3.63) is 230 Å². The quantitative estimate of drug-likeness (QED) is 0.0223. The Kier molecular flexibility index (Phi) is 32.7. The molecule has 4 fully saturated rings. The number of aromatic hydroxyl groups is 6. The topological polar surface area (TPSA) is 185 Å². The maximum Gasteiger partial charge on any atom is 0.139 e. The van der Waals surface area contributed by atoms with Gasteiger partial charge in [0.25, 0.3) is 0 Å². The highest BCUT2D eigenvalue weighted by molar-refractivity contribution is 6.14. The third kappa shape index (κ3) is 22.5.